The number of nitrogens with zero attached hydrogens (tertiary/aromatic N) is 5. The smallest absolute Gasteiger partial charge is 0.475 e. The molecule has 3 heterocycles. The Morgan fingerprint density at radius 3 is 2.61 bits per heavy atom. The van der Waals surface area contributed by atoms with E-state index < -0.39 is 12.1 Å². The third-order valence-electron chi connectivity index (χ3n) is 4.87. The van der Waals surface area contributed by atoms with Crippen LogP contribution < -0.4 is 5.32 Å². The molecule has 2 N–H and O–H groups in total. The summed E-state index contributed by atoms with van der Waals surface area (Å²) in [5.74, 6) is -0.980. The molecule has 2 aromatic rings. The Morgan fingerprint density at radius 2 is 2.06 bits per heavy atom. The van der Waals surface area contributed by atoms with Crippen molar-refractivity contribution in [3.05, 3.63) is 23.7 Å². The number of anilines is 1. The van der Waals surface area contributed by atoms with Gasteiger partial charge in [-0.05, 0) is 12.8 Å². The first-order valence-corrected chi connectivity index (χ1v) is 9.84. The third kappa shape index (κ3) is 6.37. The number of halogens is 3. The number of carbonyl (C=O) groups is 1. The standard InChI is InChI=1S/C17H24N6O.C2HF3O2/c1-22-10-12(9-18-22)16-20-15-5-6-23(7-8-24-2)11-14(15)17(21-16)19-13-3-4-13;3-2(4,5)1(6)7/h9-10,13H,3-8,11H2,1-2H3,(H,19,20,21);(H,6,7). The number of carboxylic acids is 1. The van der Waals surface area contributed by atoms with Crippen LogP contribution in [0.3, 0.4) is 0 Å². The van der Waals surface area contributed by atoms with E-state index in [1.807, 2.05) is 19.4 Å². The summed E-state index contributed by atoms with van der Waals surface area (Å²) >= 11 is 0. The number of rotatable bonds is 6. The molecule has 0 saturated heterocycles. The molecule has 2 aromatic heterocycles. The summed E-state index contributed by atoms with van der Waals surface area (Å²) in [7, 11) is 3.67. The molecule has 0 radical (unpaired) electrons. The Labute approximate surface area is 177 Å². The summed E-state index contributed by atoms with van der Waals surface area (Å²) in [5, 5.41) is 15.0. The fourth-order valence-corrected chi connectivity index (χ4v) is 3.09. The molecule has 2 aliphatic rings. The molecule has 0 aromatic carbocycles. The highest BCUT2D eigenvalue weighted by Gasteiger charge is 2.38. The van der Waals surface area contributed by atoms with Crippen molar-refractivity contribution in [1.29, 1.82) is 0 Å². The van der Waals surface area contributed by atoms with Gasteiger partial charge in [-0.3, -0.25) is 9.58 Å². The summed E-state index contributed by atoms with van der Waals surface area (Å²) < 4.78 is 38.7. The van der Waals surface area contributed by atoms with Gasteiger partial charge < -0.3 is 15.2 Å². The number of aliphatic carboxylic acids is 1. The summed E-state index contributed by atoms with van der Waals surface area (Å²) in [6.07, 6.45) is 2.13. The first-order chi connectivity index (χ1) is 14.7. The minimum absolute atomic E-state index is 0.570. The van der Waals surface area contributed by atoms with Gasteiger partial charge in [-0.25, -0.2) is 14.8 Å². The molecule has 1 fully saturated rings. The van der Waals surface area contributed by atoms with Crippen molar-refractivity contribution in [2.75, 3.05) is 32.1 Å². The van der Waals surface area contributed by atoms with Crippen LogP contribution in [0.2, 0.25) is 0 Å². The summed E-state index contributed by atoms with van der Waals surface area (Å²) in [6, 6.07) is 0.570. The Bertz CT molecular complexity index is 914. The molecule has 31 heavy (non-hydrogen) atoms. The van der Waals surface area contributed by atoms with Crippen molar-refractivity contribution in [2.45, 2.75) is 38.0 Å². The van der Waals surface area contributed by atoms with Gasteiger partial charge in [-0.15, -0.1) is 0 Å². The number of ether oxygens (including phenoxy) is 1. The van der Waals surface area contributed by atoms with E-state index in [1.54, 1.807) is 11.8 Å². The molecule has 4 rings (SSSR count). The number of carboxylic acid groups (broad SMARTS) is 1. The minimum atomic E-state index is -5.08. The zero-order valence-electron chi connectivity index (χ0n) is 17.3. The average Bonchev–Trinajstić information content (AvgIpc) is 3.43. The number of methoxy groups -OCH3 is 1. The molecule has 0 spiro atoms. The summed E-state index contributed by atoms with van der Waals surface area (Å²) in [4.78, 5) is 21.0. The van der Waals surface area contributed by atoms with Crippen LogP contribution in [0, 0.1) is 0 Å². The molecule has 12 heteroatoms. The molecular weight excluding hydrogens is 417 g/mol. The number of alkyl halides is 3. The zero-order valence-corrected chi connectivity index (χ0v) is 17.3. The monoisotopic (exact) mass is 442 g/mol. The molecule has 0 unspecified atom stereocenters. The van der Waals surface area contributed by atoms with Crippen LogP contribution >= 0.6 is 0 Å². The molecule has 0 atom stereocenters. The first kappa shape index (κ1) is 22.9. The topological polar surface area (TPSA) is 105 Å². The quantitative estimate of drug-likeness (QED) is 0.701. The van der Waals surface area contributed by atoms with Crippen molar-refractivity contribution in [3.8, 4) is 11.4 Å². The van der Waals surface area contributed by atoms with Gasteiger partial charge in [0, 0.05) is 58.0 Å². The zero-order chi connectivity index (χ0) is 22.6. The number of fused-ring (bicyclic) bond motifs is 1. The van der Waals surface area contributed by atoms with E-state index in [1.165, 1.54) is 24.1 Å². The largest absolute Gasteiger partial charge is 0.490 e. The molecule has 1 saturated carbocycles. The normalized spacial score (nSPS) is 16.3. The minimum Gasteiger partial charge on any atom is -0.475 e. The molecule has 1 aliphatic carbocycles. The van der Waals surface area contributed by atoms with Gasteiger partial charge in [0.25, 0.3) is 0 Å². The van der Waals surface area contributed by atoms with E-state index in [4.69, 9.17) is 24.6 Å². The molecule has 1 aliphatic heterocycles. The van der Waals surface area contributed by atoms with Crippen molar-refractivity contribution in [2.24, 2.45) is 7.05 Å². The van der Waals surface area contributed by atoms with Gasteiger partial charge in [0.05, 0.1) is 24.1 Å². The SMILES string of the molecule is COCCN1CCc2nc(-c3cnn(C)c3)nc(NC3CC3)c2C1.O=C(O)C(F)(F)F. The molecule has 170 valence electrons. The van der Waals surface area contributed by atoms with Crippen LogP contribution in [0.4, 0.5) is 19.0 Å². The van der Waals surface area contributed by atoms with Crippen LogP contribution in [0.25, 0.3) is 11.4 Å². The number of nitrogens with one attached hydrogen (secondary N) is 1. The molecule has 0 amide bonds. The predicted molar refractivity (Wildman–Crippen MR) is 105 cm³/mol. The number of aromatic nitrogens is 4. The Balaban J connectivity index is 0.000000339. The van der Waals surface area contributed by atoms with Crippen LogP contribution in [-0.2, 0) is 29.5 Å². The summed E-state index contributed by atoms with van der Waals surface area (Å²) in [6.45, 7) is 3.61. The van der Waals surface area contributed by atoms with Gasteiger partial charge in [-0.1, -0.05) is 0 Å². The van der Waals surface area contributed by atoms with Crippen LogP contribution in [0.1, 0.15) is 24.1 Å². The van der Waals surface area contributed by atoms with E-state index in [-0.39, 0.29) is 0 Å². The second-order valence-corrected chi connectivity index (χ2v) is 7.46. The van der Waals surface area contributed by atoms with E-state index in [0.717, 1.165) is 49.9 Å². The molecule has 0 bridgehead atoms. The first-order valence-electron chi connectivity index (χ1n) is 9.84. The van der Waals surface area contributed by atoms with Crippen LogP contribution in [-0.4, -0.2) is 74.7 Å². The van der Waals surface area contributed by atoms with Gasteiger partial charge in [0.15, 0.2) is 5.82 Å². The highest BCUT2D eigenvalue weighted by molar-refractivity contribution is 5.73. The number of hydrogen-bond acceptors (Lipinski definition) is 7. The lowest BCUT2D eigenvalue weighted by Gasteiger charge is -2.29. The Kier molecular flexibility index (Phi) is 7.11. The van der Waals surface area contributed by atoms with Crippen molar-refractivity contribution >= 4 is 11.8 Å². The van der Waals surface area contributed by atoms with Gasteiger partial charge in [0.1, 0.15) is 5.82 Å². The number of hydrogen-bond donors (Lipinski definition) is 2. The average molecular weight is 442 g/mol. The third-order valence-corrected chi connectivity index (χ3v) is 4.87. The van der Waals surface area contributed by atoms with Gasteiger partial charge >= 0.3 is 12.1 Å². The van der Waals surface area contributed by atoms with Crippen molar-refractivity contribution in [1.82, 2.24) is 24.6 Å². The Morgan fingerprint density at radius 1 is 1.35 bits per heavy atom. The van der Waals surface area contributed by atoms with Crippen molar-refractivity contribution in [3.63, 3.8) is 0 Å². The fourth-order valence-electron chi connectivity index (χ4n) is 3.09. The van der Waals surface area contributed by atoms with E-state index in [9.17, 15) is 13.2 Å². The van der Waals surface area contributed by atoms with Crippen molar-refractivity contribution < 1.29 is 27.8 Å². The van der Waals surface area contributed by atoms with Gasteiger partial charge in [0.2, 0.25) is 0 Å². The lowest BCUT2D eigenvalue weighted by atomic mass is 10.1. The molecule has 9 nitrogen and oxygen atoms in total. The molecular formula is C19H25F3N6O3. The lowest BCUT2D eigenvalue weighted by molar-refractivity contribution is -0.192. The van der Waals surface area contributed by atoms with Crippen LogP contribution in [0.15, 0.2) is 12.4 Å². The van der Waals surface area contributed by atoms with Crippen LogP contribution in [0.5, 0.6) is 0 Å². The second kappa shape index (κ2) is 9.60. The number of aryl methyl sites for hydroxylation is 1. The lowest BCUT2D eigenvalue weighted by Crippen LogP contribution is -2.34. The maximum atomic E-state index is 10.6. The van der Waals surface area contributed by atoms with E-state index >= 15 is 0 Å². The summed E-state index contributed by atoms with van der Waals surface area (Å²) in [5.41, 5.74) is 3.39. The highest BCUT2D eigenvalue weighted by atomic mass is 19.4. The predicted octanol–water partition coefficient (Wildman–Crippen LogP) is 2.09. The maximum absolute atomic E-state index is 10.6. The van der Waals surface area contributed by atoms with Gasteiger partial charge in [-0.2, -0.15) is 18.3 Å². The van der Waals surface area contributed by atoms with E-state index in [2.05, 4.69) is 15.3 Å². The van der Waals surface area contributed by atoms with E-state index in [0.29, 0.717) is 6.04 Å². The maximum Gasteiger partial charge on any atom is 0.490 e. The Hall–Kier alpha value is -2.73. The highest BCUT2D eigenvalue weighted by Crippen LogP contribution is 2.31. The second-order valence-electron chi connectivity index (χ2n) is 7.46. The fraction of sp³-hybridized carbons (Fsp3) is 0.579.